The number of sulfonamides is 1. The lowest BCUT2D eigenvalue weighted by molar-refractivity contribution is -0.152. The molecule has 2 aliphatic rings. The zero-order valence-electron chi connectivity index (χ0n) is 16.2. The first kappa shape index (κ1) is 20.4. The summed E-state index contributed by atoms with van der Waals surface area (Å²) < 4.78 is 36.6. The SMILES string of the molecule is CCOC(=O)C1CCN(C(=O)[C@H]2CCN(S(C)(=O)=O)c3ccccc3O2)CC1. The summed E-state index contributed by atoms with van der Waals surface area (Å²) in [5, 5.41) is 0. The lowest BCUT2D eigenvalue weighted by Gasteiger charge is -2.33. The van der Waals surface area contributed by atoms with E-state index in [2.05, 4.69) is 0 Å². The zero-order chi connectivity index (χ0) is 20.3. The molecule has 2 aliphatic heterocycles. The molecule has 0 aromatic heterocycles. The van der Waals surface area contributed by atoms with E-state index >= 15 is 0 Å². The molecule has 0 unspecified atom stereocenters. The number of carbonyl (C=O) groups is 2. The van der Waals surface area contributed by atoms with E-state index in [1.165, 1.54) is 4.31 Å². The van der Waals surface area contributed by atoms with Crippen molar-refractivity contribution in [2.75, 3.05) is 36.8 Å². The maximum atomic E-state index is 13.0. The van der Waals surface area contributed by atoms with Gasteiger partial charge in [-0.2, -0.15) is 0 Å². The van der Waals surface area contributed by atoms with E-state index in [-0.39, 0.29) is 30.8 Å². The zero-order valence-corrected chi connectivity index (χ0v) is 17.0. The number of hydrogen-bond acceptors (Lipinski definition) is 6. The van der Waals surface area contributed by atoms with E-state index in [9.17, 15) is 18.0 Å². The maximum Gasteiger partial charge on any atom is 0.309 e. The lowest BCUT2D eigenvalue weighted by atomic mass is 9.96. The van der Waals surface area contributed by atoms with Crippen molar-refractivity contribution in [3.05, 3.63) is 24.3 Å². The minimum absolute atomic E-state index is 0.172. The number of para-hydroxylation sites is 2. The molecular formula is C19H26N2O6S. The van der Waals surface area contributed by atoms with Crippen LogP contribution in [0, 0.1) is 5.92 Å². The Bertz CT molecular complexity index is 833. The molecule has 1 aromatic carbocycles. The topological polar surface area (TPSA) is 93.2 Å². The molecule has 1 amide bonds. The lowest BCUT2D eigenvalue weighted by Crippen LogP contribution is -2.47. The maximum absolute atomic E-state index is 13.0. The number of likely N-dealkylation sites (tertiary alicyclic amines) is 1. The van der Waals surface area contributed by atoms with E-state index in [1.54, 1.807) is 36.1 Å². The number of rotatable bonds is 4. The second kappa shape index (κ2) is 8.38. The van der Waals surface area contributed by atoms with Gasteiger partial charge in [0.1, 0.15) is 5.75 Å². The third-order valence-electron chi connectivity index (χ3n) is 5.10. The van der Waals surface area contributed by atoms with Crippen molar-refractivity contribution in [1.82, 2.24) is 4.90 Å². The van der Waals surface area contributed by atoms with Crippen LogP contribution in [-0.4, -0.2) is 63.8 Å². The molecule has 0 aliphatic carbocycles. The van der Waals surface area contributed by atoms with Crippen molar-refractivity contribution >= 4 is 27.6 Å². The molecule has 2 heterocycles. The monoisotopic (exact) mass is 410 g/mol. The number of amides is 1. The van der Waals surface area contributed by atoms with Crippen molar-refractivity contribution in [2.45, 2.75) is 32.3 Å². The van der Waals surface area contributed by atoms with Gasteiger partial charge in [-0.15, -0.1) is 0 Å². The number of esters is 1. The Morgan fingerprint density at radius 1 is 1.14 bits per heavy atom. The van der Waals surface area contributed by atoms with Gasteiger partial charge in [-0.1, -0.05) is 12.1 Å². The van der Waals surface area contributed by atoms with Crippen LogP contribution in [0.2, 0.25) is 0 Å². The van der Waals surface area contributed by atoms with E-state index in [1.807, 2.05) is 0 Å². The number of carbonyl (C=O) groups excluding carboxylic acids is 2. The largest absolute Gasteiger partial charge is 0.478 e. The van der Waals surface area contributed by atoms with Crippen molar-refractivity contribution in [3.8, 4) is 5.75 Å². The normalized spacial score (nSPS) is 20.7. The number of benzene rings is 1. The summed E-state index contributed by atoms with van der Waals surface area (Å²) in [5.41, 5.74) is 0.446. The summed E-state index contributed by atoms with van der Waals surface area (Å²) in [4.78, 5) is 26.6. The molecule has 0 radical (unpaired) electrons. The molecule has 154 valence electrons. The quantitative estimate of drug-likeness (QED) is 0.697. The Morgan fingerprint density at radius 2 is 1.82 bits per heavy atom. The van der Waals surface area contributed by atoms with E-state index in [0.29, 0.717) is 44.0 Å². The molecule has 1 saturated heterocycles. The molecule has 0 spiro atoms. The summed E-state index contributed by atoms with van der Waals surface area (Å²) >= 11 is 0. The molecule has 1 fully saturated rings. The van der Waals surface area contributed by atoms with Crippen molar-refractivity contribution < 1.29 is 27.5 Å². The van der Waals surface area contributed by atoms with Gasteiger partial charge in [0.2, 0.25) is 10.0 Å². The van der Waals surface area contributed by atoms with Gasteiger partial charge in [0.05, 0.1) is 24.5 Å². The first-order valence-electron chi connectivity index (χ1n) is 9.50. The van der Waals surface area contributed by atoms with Crippen LogP contribution >= 0.6 is 0 Å². The van der Waals surface area contributed by atoms with Crippen LogP contribution in [0.4, 0.5) is 5.69 Å². The first-order chi connectivity index (χ1) is 13.3. The molecule has 0 bridgehead atoms. The van der Waals surface area contributed by atoms with Crippen LogP contribution in [-0.2, 0) is 24.3 Å². The van der Waals surface area contributed by atoms with E-state index in [4.69, 9.17) is 9.47 Å². The summed E-state index contributed by atoms with van der Waals surface area (Å²) in [6.07, 6.45) is 1.77. The van der Waals surface area contributed by atoms with Crippen molar-refractivity contribution in [1.29, 1.82) is 0 Å². The van der Waals surface area contributed by atoms with Crippen LogP contribution in [0.15, 0.2) is 24.3 Å². The van der Waals surface area contributed by atoms with Crippen molar-refractivity contribution in [3.63, 3.8) is 0 Å². The van der Waals surface area contributed by atoms with Crippen LogP contribution < -0.4 is 9.04 Å². The second-order valence-electron chi connectivity index (χ2n) is 7.05. The number of fused-ring (bicyclic) bond motifs is 1. The number of hydrogen-bond donors (Lipinski definition) is 0. The fourth-order valence-corrected chi connectivity index (χ4v) is 4.59. The number of ether oxygens (including phenoxy) is 2. The van der Waals surface area contributed by atoms with Crippen LogP contribution in [0.3, 0.4) is 0 Å². The van der Waals surface area contributed by atoms with Gasteiger partial charge in [-0.05, 0) is 31.9 Å². The highest BCUT2D eigenvalue weighted by atomic mass is 32.2. The van der Waals surface area contributed by atoms with E-state index < -0.39 is 16.1 Å². The second-order valence-corrected chi connectivity index (χ2v) is 8.96. The molecule has 1 aromatic rings. The van der Waals surface area contributed by atoms with Gasteiger partial charge in [0.15, 0.2) is 6.10 Å². The Balaban J connectivity index is 1.70. The summed E-state index contributed by atoms with van der Waals surface area (Å²) in [6, 6.07) is 6.83. The fourth-order valence-electron chi connectivity index (χ4n) is 3.65. The molecule has 3 rings (SSSR count). The molecule has 1 atom stereocenters. The number of piperidine rings is 1. The number of anilines is 1. The highest BCUT2D eigenvalue weighted by Crippen LogP contribution is 2.34. The Morgan fingerprint density at radius 3 is 2.46 bits per heavy atom. The minimum Gasteiger partial charge on any atom is -0.478 e. The molecular weight excluding hydrogens is 384 g/mol. The van der Waals surface area contributed by atoms with Gasteiger partial charge >= 0.3 is 5.97 Å². The smallest absolute Gasteiger partial charge is 0.309 e. The van der Waals surface area contributed by atoms with Crippen LogP contribution in [0.25, 0.3) is 0 Å². The van der Waals surface area contributed by atoms with Gasteiger partial charge < -0.3 is 14.4 Å². The van der Waals surface area contributed by atoms with Crippen molar-refractivity contribution in [2.24, 2.45) is 5.92 Å². The highest BCUT2D eigenvalue weighted by molar-refractivity contribution is 7.92. The van der Waals surface area contributed by atoms with Gasteiger partial charge in [-0.25, -0.2) is 8.42 Å². The van der Waals surface area contributed by atoms with Crippen LogP contribution in [0.5, 0.6) is 5.75 Å². The summed E-state index contributed by atoms with van der Waals surface area (Å²) in [5.74, 6) is -0.184. The molecule has 8 nitrogen and oxygen atoms in total. The minimum atomic E-state index is -3.48. The van der Waals surface area contributed by atoms with Crippen LogP contribution in [0.1, 0.15) is 26.2 Å². The molecule has 9 heteroatoms. The molecule has 28 heavy (non-hydrogen) atoms. The van der Waals surface area contributed by atoms with E-state index in [0.717, 1.165) is 6.26 Å². The Labute approximate surface area is 165 Å². The molecule has 0 N–H and O–H groups in total. The standard InChI is InChI=1S/C19H26N2O6S/c1-3-26-19(23)14-8-11-20(12-9-14)18(22)17-10-13-21(28(2,24)25)15-6-4-5-7-16(15)27-17/h4-7,14,17H,3,8-13H2,1-2H3/t17-/m1/s1. The predicted octanol–water partition coefficient (Wildman–Crippen LogP) is 1.41. The summed E-state index contributed by atoms with van der Waals surface area (Å²) in [6.45, 7) is 3.21. The Hall–Kier alpha value is -2.29. The average molecular weight is 410 g/mol. The van der Waals surface area contributed by atoms with Gasteiger partial charge in [0, 0.05) is 26.1 Å². The fraction of sp³-hybridized carbons (Fsp3) is 0.579. The predicted molar refractivity (Wildman–Crippen MR) is 104 cm³/mol. The highest BCUT2D eigenvalue weighted by Gasteiger charge is 2.35. The Kier molecular flexibility index (Phi) is 6.12. The third kappa shape index (κ3) is 4.40. The molecule has 0 saturated carbocycles. The van der Waals surface area contributed by atoms with Gasteiger partial charge in [0.25, 0.3) is 5.91 Å². The first-order valence-corrected chi connectivity index (χ1v) is 11.3. The number of nitrogens with zero attached hydrogens (tertiary/aromatic N) is 2. The third-order valence-corrected chi connectivity index (χ3v) is 6.28. The van der Waals surface area contributed by atoms with Gasteiger partial charge in [-0.3, -0.25) is 13.9 Å². The summed E-state index contributed by atoms with van der Waals surface area (Å²) in [7, 11) is -3.48. The average Bonchev–Trinajstić information content (AvgIpc) is 2.87.